The number of nitrogens with one attached hydrogen (secondary N) is 2. The van der Waals surface area contributed by atoms with Crippen LogP contribution in [-0.2, 0) is 32.0 Å². The normalized spacial score (nSPS) is 12.3. The molecule has 1 aromatic carbocycles. The van der Waals surface area contributed by atoms with Gasteiger partial charge in [-0.05, 0) is 75.8 Å². The maximum atomic E-state index is 14.9. The van der Waals surface area contributed by atoms with Crippen molar-refractivity contribution in [3.63, 3.8) is 0 Å². The Morgan fingerprint density at radius 2 is 1.82 bits per heavy atom. The molecule has 0 saturated heterocycles. The fourth-order valence-electron chi connectivity index (χ4n) is 5.05. The molecule has 0 bridgehead atoms. The molecule has 2 aromatic heterocycles. The topological polar surface area (TPSA) is 157 Å². The average Bonchev–Trinajstić information content (AvgIpc) is 3.39. The number of methoxy groups -OCH3 is 1. The number of anilines is 1. The van der Waals surface area contributed by atoms with Crippen LogP contribution >= 0.6 is 0 Å². The first kappa shape index (κ1) is 40.4. The fourth-order valence-corrected chi connectivity index (χ4v) is 5.05. The van der Waals surface area contributed by atoms with Crippen molar-refractivity contribution < 1.29 is 33.0 Å². The molecule has 4 amide bonds. The summed E-state index contributed by atoms with van der Waals surface area (Å²) in [6.07, 6.45) is 4.58. The molecule has 278 valence electrons. The fraction of sp³-hybridized carbons (Fsp3) is 0.500. The van der Waals surface area contributed by atoms with Crippen LogP contribution in [0.2, 0.25) is 0 Å². The third kappa shape index (κ3) is 11.5. The Morgan fingerprint density at radius 3 is 2.45 bits per heavy atom. The maximum absolute atomic E-state index is 14.9. The second-order valence-electron chi connectivity index (χ2n) is 13.8. The van der Waals surface area contributed by atoms with Gasteiger partial charge in [-0.15, -0.1) is 0 Å². The van der Waals surface area contributed by atoms with Crippen LogP contribution in [0.15, 0.2) is 47.4 Å². The van der Waals surface area contributed by atoms with Gasteiger partial charge in [0.1, 0.15) is 29.0 Å². The Labute approximate surface area is 297 Å². The van der Waals surface area contributed by atoms with Crippen LogP contribution in [0.5, 0.6) is 0 Å². The van der Waals surface area contributed by atoms with E-state index in [1.54, 1.807) is 54.1 Å². The molecule has 0 aliphatic carbocycles. The number of likely N-dealkylation sites (N-methyl/N-ethyl adjacent to an activating group) is 2. The molecule has 0 aliphatic rings. The number of imidazole rings is 1. The number of hydrogen-bond donors (Lipinski definition) is 2. The monoisotopic (exact) mass is 711 g/mol. The van der Waals surface area contributed by atoms with E-state index in [1.807, 2.05) is 13.8 Å². The number of rotatable bonds is 14. The Bertz CT molecular complexity index is 1810. The molecular formula is C36H50FN7O7. The van der Waals surface area contributed by atoms with Crippen molar-refractivity contribution in [2.24, 2.45) is 5.92 Å². The number of nitrogens with zero attached hydrogens (tertiary/aromatic N) is 5. The summed E-state index contributed by atoms with van der Waals surface area (Å²) in [7, 11) is 6.29. The molecule has 3 rings (SSSR count). The SMILES string of the molecule is COCCN(C)C(=O)N[C@@H](CC/C=C/C(=O)N(C)C)C(=O)Nc1cccn(Cc2nc3c(CC(C)C)cc(F)cc3n2C(=O)OC(C)(C)C)c1=O. The molecule has 14 nitrogen and oxygen atoms in total. The number of carbonyl (C=O) groups is 4. The van der Waals surface area contributed by atoms with Gasteiger partial charge in [0.15, 0.2) is 0 Å². The van der Waals surface area contributed by atoms with Crippen LogP contribution in [0.25, 0.3) is 11.0 Å². The van der Waals surface area contributed by atoms with E-state index in [4.69, 9.17) is 14.5 Å². The summed E-state index contributed by atoms with van der Waals surface area (Å²) in [4.78, 5) is 73.1. The second kappa shape index (κ2) is 17.7. The summed E-state index contributed by atoms with van der Waals surface area (Å²) in [6.45, 7) is 9.44. The predicted octanol–water partition coefficient (Wildman–Crippen LogP) is 4.39. The number of urea groups is 1. The number of allylic oxidation sites excluding steroid dienone is 1. The second-order valence-corrected chi connectivity index (χ2v) is 13.8. The van der Waals surface area contributed by atoms with Crippen molar-refractivity contribution in [2.75, 3.05) is 46.7 Å². The van der Waals surface area contributed by atoms with E-state index in [2.05, 4.69) is 10.6 Å². The van der Waals surface area contributed by atoms with E-state index in [0.717, 1.165) is 0 Å². The van der Waals surface area contributed by atoms with Crippen molar-refractivity contribution in [3.8, 4) is 0 Å². The van der Waals surface area contributed by atoms with Crippen molar-refractivity contribution in [1.29, 1.82) is 0 Å². The minimum absolute atomic E-state index is 0.0840. The lowest BCUT2D eigenvalue weighted by molar-refractivity contribution is -0.123. The minimum atomic E-state index is -1.07. The van der Waals surface area contributed by atoms with E-state index < -0.39 is 41.1 Å². The van der Waals surface area contributed by atoms with E-state index in [1.165, 1.54) is 56.5 Å². The van der Waals surface area contributed by atoms with Crippen LogP contribution < -0.4 is 16.2 Å². The molecular weight excluding hydrogens is 661 g/mol. The number of fused-ring (bicyclic) bond motifs is 1. The quantitative estimate of drug-likeness (QED) is 0.233. The van der Waals surface area contributed by atoms with Crippen molar-refractivity contribution >= 4 is 40.7 Å². The van der Waals surface area contributed by atoms with Crippen molar-refractivity contribution in [3.05, 3.63) is 70.2 Å². The van der Waals surface area contributed by atoms with E-state index in [-0.39, 0.29) is 61.4 Å². The Balaban J connectivity index is 1.97. The summed E-state index contributed by atoms with van der Waals surface area (Å²) < 4.78 is 28.0. The van der Waals surface area contributed by atoms with Gasteiger partial charge in [-0.3, -0.25) is 14.4 Å². The van der Waals surface area contributed by atoms with Gasteiger partial charge in [0.2, 0.25) is 11.8 Å². The molecule has 1 atom stereocenters. The molecule has 2 heterocycles. The lowest BCUT2D eigenvalue weighted by atomic mass is 10.0. The van der Waals surface area contributed by atoms with Crippen LogP contribution in [0, 0.1) is 11.7 Å². The van der Waals surface area contributed by atoms with Gasteiger partial charge < -0.3 is 34.5 Å². The standard InChI is InChI=1S/C36H50FN7O7/c1-23(2)19-24-20-25(37)21-28-31(24)40-29(44(28)35(49)51-36(3,4)5)22-43-16-12-14-27(33(43)47)38-32(46)26(13-10-11-15-30(45)41(6)7)39-34(48)42(8)17-18-50-9/h11-12,14-16,20-21,23,26H,10,13,17-19,22H2,1-9H3,(H,38,46)(H,39,48)/b15-11+/t26-/m0/s1. The van der Waals surface area contributed by atoms with Gasteiger partial charge in [0.25, 0.3) is 5.56 Å². The highest BCUT2D eigenvalue weighted by atomic mass is 19.1. The smallest absolute Gasteiger partial charge is 0.420 e. The van der Waals surface area contributed by atoms with Gasteiger partial charge in [-0.2, -0.15) is 0 Å². The number of carbonyl (C=O) groups excluding carboxylic acids is 4. The van der Waals surface area contributed by atoms with E-state index in [0.29, 0.717) is 17.5 Å². The third-order valence-corrected chi connectivity index (χ3v) is 7.58. The highest BCUT2D eigenvalue weighted by Gasteiger charge is 2.27. The minimum Gasteiger partial charge on any atom is -0.443 e. The molecule has 0 aliphatic heterocycles. The van der Waals surface area contributed by atoms with Crippen molar-refractivity contribution in [1.82, 2.24) is 29.2 Å². The molecule has 51 heavy (non-hydrogen) atoms. The zero-order chi connectivity index (χ0) is 38.0. The molecule has 0 fully saturated rings. The number of ether oxygens (including phenoxy) is 2. The van der Waals surface area contributed by atoms with Gasteiger partial charge in [-0.1, -0.05) is 19.9 Å². The Morgan fingerprint density at radius 1 is 1.12 bits per heavy atom. The number of amides is 4. The molecule has 0 unspecified atom stereocenters. The van der Waals surface area contributed by atoms with Crippen LogP contribution in [0.3, 0.4) is 0 Å². The van der Waals surface area contributed by atoms with Crippen LogP contribution in [0.4, 0.5) is 19.7 Å². The summed E-state index contributed by atoms with van der Waals surface area (Å²) in [5, 5.41) is 5.32. The summed E-state index contributed by atoms with van der Waals surface area (Å²) in [6, 6.07) is 3.97. The van der Waals surface area contributed by atoms with Crippen molar-refractivity contribution in [2.45, 2.75) is 72.1 Å². The number of halogens is 1. The number of benzene rings is 1. The van der Waals surface area contributed by atoms with E-state index in [9.17, 15) is 28.4 Å². The third-order valence-electron chi connectivity index (χ3n) is 7.58. The first-order chi connectivity index (χ1) is 23.9. The Kier molecular flexibility index (Phi) is 14.0. The van der Waals surface area contributed by atoms with Gasteiger partial charge >= 0.3 is 12.1 Å². The molecule has 0 spiro atoms. The number of pyridine rings is 1. The highest BCUT2D eigenvalue weighted by Crippen LogP contribution is 2.26. The predicted molar refractivity (Wildman–Crippen MR) is 192 cm³/mol. The first-order valence-electron chi connectivity index (χ1n) is 16.7. The summed E-state index contributed by atoms with van der Waals surface area (Å²) in [5.41, 5.74) is -0.330. The van der Waals surface area contributed by atoms with Gasteiger partial charge in [0.05, 0.1) is 24.2 Å². The maximum Gasteiger partial charge on any atom is 0.420 e. The largest absolute Gasteiger partial charge is 0.443 e. The zero-order valence-corrected chi connectivity index (χ0v) is 30.9. The summed E-state index contributed by atoms with van der Waals surface area (Å²) in [5.74, 6) is -1.12. The van der Waals surface area contributed by atoms with Crippen LogP contribution in [0.1, 0.15) is 58.8 Å². The number of hydrogen-bond acceptors (Lipinski definition) is 8. The highest BCUT2D eigenvalue weighted by molar-refractivity contribution is 5.97. The van der Waals surface area contributed by atoms with E-state index >= 15 is 0 Å². The van der Waals surface area contributed by atoms with Crippen LogP contribution in [-0.4, -0.2) is 101 Å². The molecule has 0 saturated carbocycles. The molecule has 0 radical (unpaired) electrons. The Hall–Kier alpha value is -5.05. The molecule has 15 heteroatoms. The molecule has 3 aromatic rings. The lowest BCUT2D eigenvalue weighted by Gasteiger charge is -2.23. The average molecular weight is 712 g/mol. The summed E-state index contributed by atoms with van der Waals surface area (Å²) >= 11 is 0. The zero-order valence-electron chi connectivity index (χ0n) is 30.9. The van der Waals surface area contributed by atoms with Gasteiger partial charge in [-0.25, -0.2) is 23.5 Å². The lowest BCUT2D eigenvalue weighted by Crippen LogP contribution is -2.49. The molecule has 2 N–H and O–H groups in total. The van der Waals surface area contributed by atoms with Gasteiger partial charge in [0, 0.05) is 47.1 Å². The first-order valence-corrected chi connectivity index (χ1v) is 16.7. The number of aromatic nitrogens is 3.